The zero-order chi connectivity index (χ0) is 50.9. The third kappa shape index (κ3) is 16.7. The number of piperidine rings is 1. The fourth-order valence-corrected chi connectivity index (χ4v) is 10.5. The summed E-state index contributed by atoms with van der Waals surface area (Å²) in [7, 11) is 1.69. The number of carboxylic acid groups (broad SMARTS) is 1. The van der Waals surface area contributed by atoms with Crippen molar-refractivity contribution in [3.8, 4) is 0 Å². The topological polar surface area (TPSA) is 219 Å². The molecule has 0 bridgehead atoms. The molecule has 1 aromatic heterocycles. The van der Waals surface area contributed by atoms with Crippen molar-refractivity contribution in [3.63, 3.8) is 0 Å². The Morgan fingerprint density at radius 2 is 1.59 bits per heavy atom. The summed E-state index contributed by atoms with van der Waals surface area (Å²) in [5, 5.41) is 14.5. The summed E-state index contributed by atoms with van der Waals surface area (Å²) in [5.41, 5.74) is 1.03. The minimum atomic E-state index is -0.969. The highest BCUT2D eigenvalue weighted by Crippen LogP contribution is 2.33. The molecule has 5 amide bonds. The van der Waals surface area contributed by atoms with E-state index in [2.05, 4.69) is 42.2 Å². The SMILES string of the molecule is CC[C@H](C)[C@H](CC(=O)[C@H]1CCCCN1C(=O)CCOCCOCCN1C(=O)C(Br)C(Br)C1=O)C(=O)N(C)[C@H](C[C@@H](OC(C)=O)c1nc(C(=O)N[C@@H](Cc2ccccc2)C[C@H](C)C(=O)O)cs1)C(C)C. The van der Waals surface area contributed by atoms with Crippen LogP contribution in [-0.2, 0) is 54.2 Å². The minimum Gasteiger partial charge on any atom is -0.481 e. The highest BCUT2D eigenvalue weighted by atomic mass is 79.9. The lowest BCUT2D eigenvalue weighted by molar-refractivity contribution is -0.150. The fraction of sp³-hybridized carbons (Fsp3) is 0.653. The number of likely N-dealkylation sites (tertiary alicyclic amines) is 2. The number of hydrogen-bond donors (Lipinski definition) is 2. The number of alkyl halides is 2. The number of carbonyl (C=O) groups excluding carboxylic acids is 7. The summed E-state index contributed by atoms with van der Waals surface area (Å²) in [6.07, 6.45) is 2.51. The largest absolute Gasteiger partial charge is 0.481 e. The average Bonchev–Trinajstić information content (AvgIpc) is 3.89. The summed E-state index contributed by atoms with van der Waals surface area (Å²) >= 11 is 7.57. The van der Waals surface area contributed by atoms with Crippen LogP contribution in [0.2, 0.25) is 0 Å². The van der Waals surface area contributed by atoms with E-state index in [-0.39, 0.29) is 106 Å². The normalized spacial score (nSPS) is 19.9. The number of rotatable bonds is 28. The van der Waals surface area contributed by atoms with E-state index < -0.39 is 63.6 Å². The molecule has 0 spiro atoms. The minimum absolute atomic E-state index is 0.0542. The first-order chi connectivity index (χ1) is 32.7. The maximum Gasteiger partial charge on any atom is 0.306 e. The number of ether oxygens (including phenoxy) is 3. The number of carbonyl (C=O) groups is 8. The highest BCUT2D eigenvalue weighted by Gasteiger charge is 2.45. The molecule has 20 heteroatoms. The van der Waals surface area contributed by atoms with E-state index in [1.807, 2.05) is 58.0 Å². The van der Waals surface area contributed by atoms with Crippen molar-refractivity contribution >= 4 is 90.5 Å². The Kier molecular flexibility index (Phi) is 23.4. The van der Waals surface area contributed by atoms with Gasteiger partial charge in [0.2, 0.25) is 23.6 Å². The molecule has 3 heterocycles. The van der Waals surface area contributed by atoms with Crippen molar-refractivity contribution in [1.82, 2.24) is 25.0 Å². The molecule has 0 aliphatic carbocycles. The van der Waals surface area contributed by atoms with Crippen molar-refractivity contribution in [2.45, 2.75) is 133 Å². The molecule has 2 aliphatic heterocycles. The fourth-order valence-electron chi connectivity index (χ4n) is 8.73. The van der Waals surface area contributed by atoms with Gasteiger partial charge in [0.05, 0.1) is 51.4 Å². The molecule has 69 heavy (non-hydrogen) atoms. The molecule has 2 saturated heterocycles. The van der Waals surface area contributed by atoms with Crippen LogP contribution in [0.25, 0.3) is 0 Å². The molecule has 9 atom stereocenters. The number of nitrogens with one attached hydrogen (secondary N) is 1. The third-order valence-corrected chi connectivity index (χ3v) is 16.4. The van der Waals surface area contributed by atoms with E-state index >= 15 is 0 Å². The van der Waals surface area contributed by atoms with Gasteiger partial charge in [-0.2, -0.15) is 0 Å². The number of imide groups is 1. The van der Waals surface area contributed by atoms with E-state index in [4.69, 9.17) is 14.2 Å². The van der Waals surface area contributed by atoms with Crippen molar-refractivity contribution < 1.29 is 57.7 Å². The smallest absolute Gasteiger partial charge is 0.306 e. The van der Waals surface area contributed by atoms with Gasteiger partial charge in [-0.1, -0.05) is 103 Å². The monoisotopic (exact) mass is 1110 g/mol. The second-order valence-electron chi connectivity index (χ2n) is 18.4. The summed E-state index contributed by atoms with van der Waals surface area (Å²) in [6.45, 7) is 11.9. The molecule has 17 nitrogen and oxygen atoms in total. The number of carboxylic acids is 1. The summed E-state index contributed by atoms with van der Waals surface area (Å²) in [4.78, 5) is 112. The van der Waals surface area contributed by atoms with Crippen LogP contribution < -0.4 is 5.32 Å². The van der Waals surface area contributed by atoms with Gasteiger partial charge in [0.1, 0.15) is 20.4 Å². The molecule has 2 fully saturated rings. The molecule has 0 saturated carbocycles. The second-order valence-corrected chi connectivity index (χ2v) is 21.2. The van der Waals surface area contributed by atoms with Crippen LogP contribution in [0.4, 0.5) is 0 Å². The average molecular weight is 1110 g/mol. The number of aliphatic carboxylic acids is 1. The van der Waals surface area contributed by atoms with Gasteiger partial charge in [-0.05, 0) is 49.5 Å². The number of nitrogens with zero attached hydrogens (tertiary/aromatic N) is 4. The number of hydrogen-bond acceptors (Lipinski definition) is 13. The number of Topliss-reactive ketones (excluding diaryl/α,β-unsaturated/α-hetero) is 1. The van der Waals surface area contributed by atoms with Gasteiger partial charge in [0.25, 0.3) is 5.91 Å². The Balaban J connectivity index is 1.37. The van der Waals surface area contributed by atoms with Crippen molar-refractivity contribution in [1.29, 1.82) is 0 Å². The Labute approximate surface area is 426 Å². The standard InChI is InChI=1S/C49H69Br2N5O12S/c1-8-30(4)35(26-39(58)37-16-12-13-18-55(37)41(59)17-20-66-22-23-67-21-19-56-47(62)42(50)43(51)48(56)63)46(61)54(7)38(29(2)3)27-40(68-32(6)57)45-53-36(28-69-45)44(60)52-34(24-31(5)49(64)65)25-33-14-10-9-11-15-33/h9-11,14-15,28-31,34-35,37-38,40,42-43H,8,12-13,16-27H2,1-7H3,(H,52,60)(H,64,65)/t30-,31-,34+,35-,37+,38+,40+,42?,43?/m0/s1. The molecule has 2 aliphatic rings. The highest BCUT2D eigenvalue weighted by molar-refractivity contribution is 9.12. The first-order valence-electron chi connectivity index (χ1n) is 23.8. The van der Waals surface area contributed by atoms with Crippen molar-refractivity contribution in [2.75, 3.05) is 46.6 Å². The van der Waals surface area contributed by atoms with Gasteiger partial charge < -0.3 is 34.4 Å². The second kappa shape index (κ2) is 28.1. The number of amides is 5. The van der Waals surface area contributed by atoms with E-state index in [9.17, 15) is 43.5 Å². The van der Waals surface area contributed by atoms with Crippen LogP contribution in [0.15, 0.2) is 35.7 Å². The van der Waals surface area contributed by atoms with Crippen molar-refractivity contribution in [3.05, 3.63) is 52.0 Å². The van der Waals surface area contributed by atoms with Gasteiger partial charge in [-0.15, -0.1) is 11.3 Å². The van der Waals surface area contributed by atoms with E-state index in [0.29, 0.717) is 30.8 Å². The lowest BCUT2D eigenvalue weighted by Crippen LogP contribution is -2.50. The lowest BCUT2D eigenvalue weighted by atomic mass is 9.82. The lowest BCUT2D eigenvalue weighted by Gasteiger charge is -2.38. The molecule has 4 rings (SSSR count). The molecule has 1 aromatic carbocycles. The van der Waals surface area contributed by atoms with Gasteiger partial charge in [-0.25, -0.2) is 4.98 Å². The van der Waals surface area contributed by atoms with E-state index in [0.717, 1.165) is 34.6 Å². The van der Waals surface area contributed by atoms with Crippen molar-refractivity contribution in [2.24, 2.45) is 23.7 Å². The number of halogens is 2. The molecule has 2 aromatic rings. The first kappa shape index (κ1) is 57.5. The maximum atomic E-state index is 14.6. The number of esters is 1. The summed E-state index contributed by atoms with van der Waals surface area (Å²) < 4.78 is 17.0. The number of thiazole rings is 1. The van der Waals surface area contributed by atoms with Crippen LogP contribution in [0.3, 0.4) is 0 Å². The quantitative estimate of drug-likeness (QED) is 0.0409. The predicted molar refractivity (Wildman–Crippen MR) is 266 cm³/mol. The predicted octanol–water partition coefficient (Wildman–Crippen LogP) is 6.39. The van der Waals surface area contributed by atoms with Gasteiger partial charge in [0, 0.05) is 56.7 Å². The van der Waals surface area contributed by atoms with Gasteiger partial charge >= 0.3 is 11.9 Å². The molecule has 382 valence electrons. The zero-order valence-corrected chi connectivity index (χ0v) is 44.7. The maximum absolute atomic E-state index is 14.6. The molecule has 0 radical (unpaired) electrons. The molecular formula is C49H69Br2N5O12S. The van der Waals surface area contributed by atoms with Crippen LogP contribution in [0, 0.1) is 23.7 Å². The van der Waals surface area contributed by atoms with Gasteiger partial charge in [0.15, 0.2) is 11.9 Å². The number of aromatic nitrogens is 1. The molecule has 2 unspecified atom stereocenters. The Bertz CT molecular complexity index is 2060. The van der Waals surface area contributed by atoms with E-state index in [1.54, 1.807) is 29.2 Å². The Morgan fingerprint density at radius 1 is 0.942 bits per heavy atom. The number of benzene rings is 1. The van der Waals surface area contributed by atoms with Crippen LogP contribution >= 0.6 is 43.2 Å². The Morgan fingerprint density at radius 3 is 2.20 bits per heavy atom. The third-order valence-electron chi connectivity index (χ3n) is 12.9. The van der Waals surface area contributed by atoms with Gasteiger partial charge in [-0.3, -0.25) is 43.3 Å². The molecular weight excluding hydrogens is 1040 g/mol. The summed E-state index contributed by atoms with van der Waals surface area (Å²) in [6, 6.07) is 7.81. The molecule has 2 N–H and O–H groups in total. The van der Waals surface area contributed by atoms with Crippen LogP contribution in [-0.4, -0.2) is 146 Å². The van der Waals surface area contributed by atoms with Crippen LogP contribution in [0.1, 0.15) is 120 Å². The van der Waals surface area contributed by atoms with Crippen LogP contribution in [0.5, 0.6) is 0 Å². The summed E-state index contributed by atoms with van der Waals surface area (Å²) in [5.74, 6) is -4.99. The van der Waals surface area contributed by atoms with E-state index in [1.165, 1.54) is 6.92 Å². The first-order valence-corrected chi connectivity index (χ1v) is 26.5. The zero-order valence-electron chi connectivity index (χ0n) is 40.7. The Hall–Kier alpha value is -4.11. The number of ketones is 1.